The third-order valence-electron chi connectivity index (χ3n) is 5.40. The maximum atomic E-state index is 12.8. The highest BCUT2D eigenvalue weighted by Crippen LogP contribution is 2.31. The van der Waals surface area contributed by atoms with Gasteiger partial charge in [0.1, 0.15) is 12.0 Å². The summed E-state index contributed by atoms with van der Waals surface area (Å²) >= 11 is 6.32. The zero-order valence-corrected chi connectivity index (χ0v) is 17.8. The number of carbonyl (C=O) groups is 2. The zero-order chi connectivity index (χ0) is 23.1. The van der Waals surface area contributed by atoms with Crippen LogP contribution < -0.4 is 11.1 Å². The molecule has 164 valence electrons. The molecule has 0 aliphatic carbocycles. The summed E-state index contributed by atoms with van der Waals surface area (Å²) < 4.78 is 3.32. The Morgan fingerprint density at radius 3 is 2.73 bits per heavy atom. The number of aromatic nitrogens is 5. The second-order valence-corrected chi connectivity index (χ2v) is 7.84. The van der Waals surface area contributed by atoms with Gasteiger partial charge in [0, 0.05) is 24.0 Å². The summed E-state index contributed by atoms with van der Waals surface area (Å²) in [5.74, 6) is -0.652. The highest BCUT2D eigenvalue weighted by atomic mass is 35.5. The van der Waals surface area contributed by atoms with Gasteiger partial charge in [0.15, 0.2) is 5.65 Å². The molecule has 3 aromatic heterocycles. The molecular formula is C21H16ClN9O2. The lowest BCUT2D eigenvalue weighted by Crippen LogP contribution is -2.41. The zero-order valence-electron chi connectivity index (χ0n) is 17.1. The number of hydrogen-bond donors (Lipinski definition) is 2. The van der Waals surface area contributed by atoms with Crippen LogP contribution in [0, 0.1) is 11.3 Å². The molecule has 1 aromatic carbocycles. The van der Waals surface area contributed by atoms with Crippen LogP contribution >= 0.6 is 11.6 Å². The number of primary amides is 1. The minimum atomic E-state index is -0.652. The Hall–Kier alpha value is -4.43. The molecule has 3 amide bonds. The fourth-order valence-electron chi connectivity index (χ4n) is 3.81. The quantitative estimate of drug-likeness (QED) is 0.478. The summed E-state index contributed by atoms with van der Waals surface area (Å²) in [6, 6.07) is 9.90. The summed E-state index contributed by atoms with van der Waals surface area (Å²) in [4.78, 5) is 26.8. The minimum Gasteiger partial charge on any atom is -0.365 e. The lowest BCUT2D eigenvalue weighted by atomic mass is 10.1. The van der Waals surface area contributed by atoms with Crippen molar-refractivity contribution in [3.05, 3.63) is 64.7 Å². The van der Waals surface area contributed by atoms with Crippen molar-refractivity contribution in [1.82, 2.24) is 29.3 Å². The summed E-state index contributed by atoms with van der Waals surface area (Å²) in [5, 5.41) is 24.4. The molecule has 0 spiro atoms. The third-order valence-corrected chi connectivity index (χ3v) is 5.68. The summed E-state index contributed by atoms with van der Waals surface area (Å²) in [5.41, 5.74) is 8.99. The van der Waals surface area contributed by atoms with Crippen LogP contribution in [0.4, 0.5) is 10.5 Å². The van der Waals surface area contributed by atoms with Gasteiger partial charge in [-0.15, -0.1) is 10.2 Å². The Morgan fingerprint density at radius 1 is 1.21 bits per heavy atom. The Kier molecular flexibility index (Phi) is 4.91. The molecule has 0 saturated carbocycles. The number of rotatable bonds is 3. The van der Waals surface area contributed by atoms with E-state index in [1.807, 2.05) is 6.07 Å². The largest absolute Gasteiger partial charge is 0.365 e. The first-order chi connectivity index (χ1) is 15.9. The molecule has 0 atom stereocenters. The molecule has 11 nitrogen and oxygen atoms in total. The number of nitriles is 1. The lowest BCUT2D eigenvalue weighted by molar-refractivity contribution is 0.0997. The van der Waals surface area contributed by atoms with Crippen molar-refractivity contribution in [2.45, 2.75) is 13.1 Å². The van der Waals surface area contributed by atoms with Gasteiger partial charge in [0.2, 0.25) is 0 Å². The second-order valence-electron chi connectivity index (χ2n) is 7.44. The smallest absolute Gasteiger partial charge is 0.322 e. The van der Waals surface area contributed by atoms with Gasteiger partial charge >= 0.3 is 6.03 Å². The van der Waals surface area contributed by atoms with E-state index in [0.29, 0.717) is 52.0 Å². The fraction of sp³-hybridized carbons (Fsp3) is 0.143. The van der Waals surface area contributed by atoms with E-state index >= 15 is 0 Å². The number of nitrogens with two attached hydrogens (primary N) is 1. The van der Waals surface area contributed by atoms with Gasteiger partial charge in [0.25, 0.3) is 5.91 Å². The summed E-state index contributed by atoms with van der Waals surface area (Å²) in [7, 11) is 0. The van der Waals surface area contributed by atoms with E-state index in [4.69, 9.17) is 22.6 Å². The molecule has 0 unspecified atom stereocenters. The van der Waals surface area contributed by atoms with Gasteiger partial charge in [-0.1, -0.05) is 11.6 Å². The monoisotopic (exact) mass is 461 g/mol. The van der Waals surface area contributed by atoms with Crippen LogP contribution in [0.2, 0.25) is 5.02 Å². The number of nitrogens with zero attached hydrogens (tertiary/aromatic N) is 7. The number of benzene rings is 1. The maximum absolute atomic E-state index is 12.8. The molecule has 0 fully saturated rings. The number of fused-ring (bicyclic) bond motifs is 2. The first-order valence-corrected chi connectivity index (χ1v) is 10.3. The molecule has 33 heavy (non-hydrogen) atoms. The lowest BCUT2D eigenvalue weighted by Gasteiger charge is -2.28. The molecule has 1 aliphatic rings. The Labute approximate surface area is 192 Å². The van der Waals surface area contributed by atoms with E-state index in [0.717, 1.165) is 0 Å². The maximum Gasteiger partial charge on any atom is 0.322 e. The van der Waals surface area contributed by atoms with Crippen molar-refractivity contribution >= 4 is 34.9 Å². The van der Waals surface area contributed by atoms with E-state index in [1.165, 1.54) is 6.33 Å². The molecule has 0 radical (unpaired) electrons. The standard InChI is InChI=1S/C21H16ClN9O2/c22-15-7-13(9-30-11-25-27-20(15)30)18-17(19(24)32)16-10-29(5-6-31(16)28-18)21(33)26-14-3-1-12(8-23)2-4-14/h1-4,7,9,11H,5-6,10H2,(H2,24,32)(H,26,33). The van der Waals surface area contributed by atoms with Crippen molar-refractivity contribution in [1.29, 1.82) is 5.26 Å². The van der Waals surface area contributed by atoms with E-state index in [9.17, 15) is 9.59 Å². The molecular weight excluding hydrogens is 446 g/mol. The number of amides is 3. The van der Waals surface area contributed by atoms with Crippen molar-refractivity contribution in [3.8, 4) is 17.3 Å². The van der Waals surface area contributed by atoms with Crippen LogP contribution in [-0.4, -0.2) is 47.8 Å². The second kappa shape index (κ2) is 7.92. The minimum absolute atomic E-state index is 0.149. The van der Waals surface area contributed by atoms with Crippen LogP contribution in [0.3, 0.4) is 0 Å². The number of urea groups is 1. The molecule has 12 heteroatoms. The van der Waals surface area contributed by atoms with Crippen LogP contribution in [0.1, 0.15) is 21.6 Å². The van der Waals surface area contributed by atoms with Crippen LogP contribution in [-0.2, 0) is 13.1 Å². The average molecular weight is 462 g/mol. The van der Waals surface area contributed by atoms with Crippen molar-refractivity contribution in [3.63, 3.8) is 0 Å². The molecule has 5 rings (SSSR count). The number of pyridine rings is 1. The highest BCUT2D eigenvalue weighted by molar-refractivity contribution is 6.33. The Bertz CT molecular complexity index is 1450. The third kappa shape index (κ3) is 3.62. The first kappa shape index (κ1) is 20.5. The molecule has 1 aliphatic heterocycles. The molecule has 4 aromatic rings. The van der Waals surface area contributed by atoms with Crippen LogP contribution in [0.15, 0.2) is 42.9 Å². The molecule has 3 N–H and O–H groups in total. The van der Waals surface area contributed by atoms with Gasteiger partial charge in [-0.25, -0.2) is 4.79 Å². The molecule has 0 bridgehead atoms. The predicted molar refractivity (Wildman–Crippen MR) is 118 cm³/mol. The van der Waals surface area contributed by atoms with Crippen molar-refractivity contribution < 1.29 is 9.59 Å². The van der Waals surface area contributed by atoms with E-state index in [-0.39, 0.29) is 18.1 Å². The number of carbonyl (C=O) groups excluding carboxylic acids is 2. The van der Waals surface area contributed by atoms with Crippen LogP contribution in [0.5, 0.6) is 0 Å². The normalized spacial score (nSPS) is 12.9. The number of nitrogens with one attached hydrogen (secondary N) is 1. The molecule has 4 heterocycles. The Balaban J connectivity index is 1.46. The van der Waals surface area contributed by atoms with E-state index in [1.54, 1.807) is 50.5 Å². The fourth-order valence-corrected chi connectivity index (χ4v) is 4.06. The Morgan fingerprint density at radius 2 is 2.00 bits per heavy atom. The highest BCUT2D eigenvalue weighted by Gasteiger charge is 2.30. The van der Waals surface area contributed by atoms with Gasteiger partial charge in [-0.2, -0.15) is 10.4 Å². The van der Waals surface area contributed by atoms with E-state index in [2.05, 4.69) is 20.6 Å². The van der Waals surface area contributed by atoms with Gasteiger partial charge in [-0.05, 0) is 30.3 Å². The SMILES string of the molecule is N#Cc1ccc(NC(=O)N2CCn3nc(-c4cc(Cl)c5nncn5c4)c(C(N)=O)c3C2)cc1. The van der Waals surface area contributed by atoms with Crippen molar-refractivity contribution in [2.24, 2.45) is 5.73 Å². The number of anilines is 1. The first-order valence-electron chi connectivity index (χ1n) is 9.89. The van der Waals surface area contributed by atoms with E-state index < -0.39 is 5.91 Å². The average Bonchev–Trinajstić information content (AvgIpc) is 3.44. The van der Waals surface area contributed by atoms with Gasteiger partial charge in [-0.3, -0.25) is 13.9 Å². The van der Waals surface area contributed by atoms with Crippen LogP contribution in [0.25, 0.3) is 16.9 Å². The van der Waals surface area contributed by atoms with Gasteiger partial charge < -0.3 is 16.0 Å². The summed E-state index contributed by atoms with van der Waals surface area (Å²) in [6.07, 6.45) is 3.22. The van der Waals surface area contributed by atoms with Crippen molar-refractivity contribution in [2.75, 3.05) is 11.9 Å². The summed E-state index contributed by atoms with van der Waals surface area (Å²) in [6.45, 7) is 0.925. The number of halogens is 1. The topological polar surface area (TPSA) is 147 Å². The van der Waals surface area contributed by atoms with Gasteiger partial charge in [0.05, 0.1) is 41.0 Å². The predicted octanol–water partition coefficient (Wildman–Crippen LogP) is 2.26. The molecule has 0 saturated heterocycles. The number of hydrogen-bond acceptors (Lipinski definition) is 6.